The molecule has 6 nitrogen and oxygen atoms in total. The molecule has 10 heteroatoms. The summed E-state index contributed by atoms with van der Waals surface area (Å²) in [5.74, 6) is 0.259. The minimum Gasteiger partial charge on any atom is -0.857 e. The van der Waals surface area contributed by atoms with Crippen LogP contribution in [0.2, 0.25) is 0 Å². The highest BCUT2D eigenvalue weighted by Gasteiger charge is 2.34. The van der Waals surface area contributed by atoms with Crippen LogP contribution in [-0.2, 0) is 0 Å². The van der Waals surface area contributed by atoms with Crippen molar-refractivity contribution in [1.82, 2.24) is 14.6 Å². The van der Waals surface area contributed by atoms with Crippen molar-refractivity contribution in [3.8, 4) is 0 Å². The molecular weight excluding hydrogens is 427 g/mol. The zero-order valence-electron chi connectivity index (χ0n) is 17.1. The number of benzene rings is 1. The summed E-state index contributed by atoms with van der Waals surface area (Å²) in [7, 11) is 0. The predicted molar refractivity (Wildman–Crippen MR) is 114 cm³/mol. The van der Waals surface area contributed by atoms with E-state index >= 15 is 0 Å². The van der Waals surface area contributed by atoms with Crippen molar-refractivity contribution in [1.29, 1.82) is 0 Å². The molecule has 4 aliphatic rings. The standard InChI is InChI=1S/C21H26F3N5OS/c22-21(23,24)12-25-14-5-8-29(10-14)15-1-2-16-18(9-15)31-27-19(16)20(30)26-17-11-28-6-3-13(17)4-7-28/h1-2,9,13-14,17,25H,3-8,10-12H2,(H,26,30)/p-1/t14?,17-/m1/s1. The van der Waals surface area contributed by atoms with Crippen molar-refractivity contribution in [3.63, 3.8) is 0 Å². The highest BCUT2D eigenvalue weighted by atomic mass is 32.1. The van der Waals surface area contributed by atoms with Gasteiger partial charge in [0.25, 0.3) is 0 Å². The van der Waals surface area contributed by atoms with Crippen molar-refractivity contribution in [2.24, 2.45) is 10.9 Å². The van der Waals surface area contributed by atoms with Crippen LogP contribution in [0.4, 0.5) is 18.9 Å². The average molecular weight is 453 g/mol. The Kier molecular flexibility index (Phi) is 5.56. The number of aromatic nitrogens is 1. The van der Waals surface area contributed by atoms with Gasteiger partial charge < -0.3 is 20.2 Å². The van der Waals surface area contributed by atoms with Crippen LogP contribution in [0, 0.1) is 5.92 Å². The van der Waals surface area contributed by atoms with E-state index < -0.39 is 12.7 Å². The van der Waals surface area contributed by atoms with E-state index in [0.29, 0.717) is 31.1 Å². The minimum atomic E-state index is -4.20. The number of nitrogens with zero attached hydrogens (tertiary/aromatic N) is 4. The van der Waals surface area contributed by atoms with Gasteiger partial charge in [0.05, 0.1) is 23.0 Å². The molecule has 2 aromatic rings. The summed E-state index contributed by atoms with van der Waals surface area (Å²) >= 11 is 1.27. The second-order valence-corrected chi connectivity index (χ2v) is 9.58. The van der Waals surface area contributed by atoms with Gasteiger partial charge in [-0.25, -0.2) is 0 Å². The molecule has 0 saturated carbocycles. The van der Waals surface area contributed by atoms with Gasteiger partial charge in [0.2, 0.25) is 0 Å². The fourth-order valence-corrected chi connectivity index (χ4v) is 5.79. The lowest BCUT2D eigenvalue weighted by atomic mass is 9.84. The first kappa shape index (κ1) is 21.0. The fraction of sp³-hybridized carbons (Fsp3) is 0.619. The summed E-state index contributed by atoms with van der Waals surface area (Å²) in [5, 5.41) is 16.2. The van der Waals surface area contributed by atoms with Crippen molar-refractivity contribution >= 4 is 33.2 Å². The maximum Gasteiger partial charge on any atom is 0.401 e. The highest BCUT2D eigenvalue weighted by Crippen LogP contribution is 2.32. The molecule has 0 amide bonds. The number of rotatable bonds is 5. The Labute approximate surface area is 182 Å². The van der Waals surface area contributed by atoms with Crippen LogP contribution in [0.25, 0.3) is 10.1 Å². The number of fused-ring (bicyclic) bond motifs is 4. The Bertz CT molecular complexity index is 970. The Morgan fingerprint density at radius 2 is 2.00 bits per heavy atom. The van der Waals surface area contributed by atoms with Gasteiger partial charge in [0, 0.05) is 42.6 Å². The average Bonchev–Trinajstić information content (AvgIpc) is 3.39. The van der Waals surface area contributed by atoms with Crippen LogP contribution >= 0.6 is 11.5 Å². The summed E-state index contributed by atoms with van der Waals surface area (Å²) < 4.78 is 42.6. The van der Waals surface area contributed by atoms with E-state index in [9.17, 15) is 18.3 Å². The molecule has 1 unspecified atom stereocenters. The fourth-order valence-electron chi connectivity index (χ4n) is 4.99. The number of halogens is 3. The lowest BCUT2D eigenvalue weighted by Gasteiger charge is -2.43. The molecule has 0 spiro atoms. The molecule has 1 N–H and O–H groups in total. The Morgan fingerprint density at radius 1 is 1.19 bits per heavy atom. The maximum atomic E-state index is 12.8. The largest absolute Gasteiger partial charge is 0.857 e. The molecule has 1 aromatic carbocycles. The minimum absolute atomic E-state index is 0.0664. The quantitative estimate of drug-likeness (QED) is 0.557. The van der Waals surface area contributed by atoms with Crippen molar-refractivity contribution in [3.05, 3.63) is 23.9 Å². The number of hydrogen-bond acceptors (Lipinski definition) is 7. The topological polar surface area (TPSA) is 66.8 Å². The van der Waals surface area contributed by atoms with E-state index in [0.717, 1.165) is 48.2 Å². The van der Waals surface area contributed by atoms with Gasteiger partial charge in [-0.2, -0.15) is 17.5 Å². The van der Waals surface area contributed by atoms with Crippen molar-refractivity contribution in [2.45, 2.75) is 37.5 Å². The lowest BCUT2D eigenvalue weighted by Crippen LogP contribution is -2.50. The van der Waals surface area contributed by atoms with Crippen LogP contribution in [0.15, 0.2) is 23.2 Å². The normalized spacial score (nSPS) is 29.3. The third kappa shape index (κ3) is 4.51. The molecule has 31 heavy (non-hydrogen) atoms. The summed E-state index contributed by atoms with van der Waals surface area (Å²) in [4.78, 5) is 8.96. The predicted octanol–water partition coefficient (Wildman–Crippen LogP) is 2.23. The van der Waals surface area contributed by atoms with Crippen LogP contribution in [-0.4, -0.2) is 72.7 Å². The number of anilines is 1. The number of hydrogen-bond donors (Lipinski definition) is 1. The van der Waals surface area contributed by atoms with E-state index in [-0.39, 0.29) is 18.0 Å². The second kappa shape index (κ2) is 8.22. The molecule has 4 saturated heterocycles. The molecule has 0 radical (unpaired) electrons. The summed E-state index contributed by atoms with van der Waals surface area (Å²) in [6.07, 6.45) is -1.31. The molecule has 0 aliphatic carbocycles. The first-order valence-corrected chi connectivity index (χ1v) is 11.5. The molecule has 4 fully saturated rings. The Hall–Kier alpha value is -1.91. The maximum absolute atomic E-state index is 12.8. The van der Waals surface area contributed by atoms with Gasteiger partial charge in [-0.1, -0.05) is 0 Å². The van der Waals surface area contributed by atoms with Crippen molar-refractivity contribution in [2.75, 3.05) is 44.2 Å². The van der Waals surface area contributed by atoms with Crippen LogP contribution in [0.1, 0.15) is 25.0 Å². The lowest BCUT2D eigenvalue weighted by molar-refractivity contribution is -0.214. The van der Waals surface area contributed by atoms with Gasteiger partial charge in [-0.05, 0) is 68.0 Å². The third-order valence-corrected chi connectivity index (χ3v) is 7.52. The van der Waals surface area contributed by atoms with Crippen molar-refractivity contribution < 1.29 is 18.3 Å². The SMILES string of the molecule is [O-]C(=N[C@@H]1CN2CCC1CC2)c1nsc2cc(N3CCC(NCC(F)(F)F)C3)ccc12. The van der Waals surface area contributed by atoms with Crippen LogP contribution in [0.3, 0.4) is 0 Å². The molecule has 1 aromatic heterocycles. The van der Waals surface area contributed by atoms with E-state index in [1.807, 2.05) is 18.2 Å². The molecule has 4 aliphatic heterocycles. The van der Waals surface area contributed by atoms with Gasteiger partial charge in [0.15, 0.2) is 0 Å². The number of piperidine rings is 3. The Balaban J connectivity index is 1.29. The molecule has 2 bridgehead atoms. The van der Waals surface area contributed by atoms with Gasteiger partial charge in [0.1, 0.15) is 0 Å². The van der Waals surface area contributed by atoms with Crippen LogP contribution in [0.5, 0.6) is 0 Å². The first-order valence-electron chi connectivity index (χ1n) is 10.8. The molecular formula is C21H25F3N5OS-. The molecule has 6 rings (SSSR count). The van der Waals surface area contributed by atoms with Gasteiger partial charge >= 0.3 is 6.18 Å². The zero-order valence-corrected chi connectivity index (χ0v) is 17.9. The number of nitrogens with one attached hydrogen (secondary N) is 1. The summed E-state index contributed by atoms with van der Waals surface area (Å²) in [6, 6.07) is 5.68. The molecule has 2 atom stereocenters. The summed E-state index contributed by atoms with van der Waals surface area (Å²) in [5.41, 5.74) is 1.36. The number of aliphatic imine (C=N–C) groups is 1. The summed E-state index contributed by atoms with van der Waals surface area (Å²) in [6.45, 7) is 3.34. The third-order valence-electron chi connectivity index (χ3n) is 6.71. The monoisotopic (exact) mass is 452 g/mol. The van der Waals surface area contributed by atoms with Crippen LogP contribution < -0.4 is 15.3 Å². The Morgan fingerprint density at radius 3 is 2.71 bits per heavy atom. The highest BCUT2D eigenvalue weighted by molar-refractivity contribution is 7.13. The van der Waals surface area contributed by atoms with Gasteiger partial charge in [-0.3, -0.25) is 4.99 Å². The molecule has 5 heterocycles. The van der Waals surface area contributed by atoms with E-state index in [4.69, 9.17) is 0 Å². The van der Waals surface area contributed by atoms with E-state index in [2.05, 4.69) is 24.5 Å². The smallest absolute Gasteiger partial charge is 0.401 e. The second-order valence-electron chi connectivity index (χ2n) is 8.78. The van der Waals surface area contributed by atoms with Gasteiger partial charge in [-0.15, -0.1) is 0 Å². The van der Waals surface area contributed by atoms with E-state index in [1.54, 1.807) is 0 Å². The first-order chi connectivity index (χ1) is 14.9. The number of alkyl halides is 3. The zero-order chi connectivity index (χ0) is 21.6. The molecule has 168 valence electrons. The van der Waals surface area contributed by atoms with E-state index in [1.165, 1.54) is 11.5 Å².